The van der Waals surface area contributed by atoms with Gasteiger partial charge in [-0.1, -0.05) is 12.1 Å². The molecule has 24 heavy (non-hydrogen) atoms. The summed E-state index contributed by atoms with van der Waals surface area (Å²) in [7, 11) is 0. The third-order valence-corrected chi connectivity index (χ3v) is 5.31. The van der Waals surface area contributed by atoms with Crippen molar-refractivity contribution in [2.45, 2.75) is 57.6 Å². The number of hydrogen-bond acceptors (Lipinski definition) is 3. The normalized spacial score (nSPS) is 22.3. The average Bonchev–Trinajstić information content (AvgIpc) is 3.22. The summed E-state index contributed by atoms with van der Waals surface area (Å²) in [6.07, 6.45) is 5.19. The second-order valence-corrected chi connectivity index (χ2v) is 7.95. The first-order valence-corrected chi connectivity index (χ1v) is 9.27. The Morgan fingerprint density at radius 3 is 2.71 bits per heavy atom. The van der Waals surface area contributed by atoms with Gasteiger partial charge in [-0.3, -0.25) is 9.69 Å². The van der Waals surface area contributed by atoms with Crippen molar-refractivity contribution in [2.24, 2.45) is 0 Å². The zero-order chi connectivity index (χ0) is 17.2. The molecule has 3 rings (SSSR count). The maximum absolute atomic E-state index is 12.8. The number of rotatable bonds is 5. The van der Waals surface area contributed by atoms with Crippen molar-refractivity contribution in [1.29, 1.82) is 0 Å². The first-order chi connectivity index (χ1) is 11.4. The fourth-order valence-electron chi connectivity index (χ4n) is 3.82. The maximum Gasteiger partial charge on any atom is 0.253 e. The van der Waals surface area contributed by atoms with Gasteiger partial charge in [0, 0.05) is 24.7 Å². The number of carbonyl (C=O) groups is 1. The van der Waals surface area contributed by atoms with Crippen LogP contribution in [-0.4, -0.2) is 58.6 Å². The molecule has 2 aliphatic heterocycles. The van der Waals surface area contributed by atoms with Gasteiger partial charge in [-0.15, -0.1) is 0 Å². The largest absolute Gasteiger partial charge is 0.390 e. The van der Waals surface area contributed by atoms with Crippen molar-refractivity contribution in [1.82, 2.24) is 9.80 Å². The quantitative estimate of drug-likeness (QED) is 0.903. The highest BCUT2D eigenvalue weighted by Gasteiger charge is 2.31. The zero-order valence-electron chi connectivity index (χ0n) is 15.0. The first kappa shape index (κ1) is 17.4. The van der Waals surface area contributed by atoms with Crippen molar-refractivity contribution in [2.75, 3.05) is 26.2 Å². The van der Waals surface area contributed by atoms with Crippen LogP contribution in [0, 0.1) is 0 Å². The summed E-state index contributed by atoms with van der Waals surface area (Å²) in [4.78, 5) is 17.4. The van der Waals surface area contributed by atoms with Crippen LogP contribution in [0.1, 0.15) is 55.5 Å². The van der Waals surface area contributed by atoms with Crippen LogP contribution in [0.5, 0.6) is 0 Å². The maximum atomic E-state index is 12.8. The van der Waals surface area contributed by atoms with E-state index in [9.17, 15) is 9.90 Å². The Morgan fingerprint density at radius 2 is 2.00 bits per heavy atom. The van der Waals surface area contributed by atoms with Gasteiger partial charge in [-0.05, 0) is 76.7 Å². The Morgan fingerprint density at radius 1 is 1.25 bits per heavy atom. The Bertz CT molecular complexity index is 573. The van der Waals surface area contributed by atoms with Gasteiger partial charge in [0.2, 0.25) is 0 Å². The van der Waals surface area contributed by atoms with Gasteiger partial charge >= 0.3 is 0 Å². The molecule has 1 aromatic rings. The van der Waals surface area contributed by atoms with Gasteiger partial charge in [0.25, 0.3) is 5.91 Å². The Labute approximate surface area is 145 Å². The third-order valence-electron chi connectivity index (χ3n) is 5.31. The topological polar surface area (TPSA) is 43.8 Å². The predicted octanol–water partition coefficient (Wildman–Crippen LogP) is 2.70. The highest BCUT2D eigenvalue weighted by atomic mass is 16.3. The number of carbonyl (C=O) groups excluding carboxylic acids is 1. The van der Waals surface area contributed by atoms with Crippen molar-refractivity contribution in [3.63, 3.8) is 0 Å². The van der Waals surface area contributed by atoms with Crippen LogP contribution in [0.3, 0.4) is 0 Å². The van der Waals surface area contributed by atoms with Crippen LogP contribution in [0.15, 0.2) is 24.3 Å². The molecular formula is C20H30N2O2. The van der Waals surface area contributed by atoms with Gasteiger partial charge in [0.1, 0.15) is 0 Å². The van der Waals surface area contributed by atoms with Gasteiger partial charge < -0.3 is 10.0 Å². The molecule has 0 radical (unpaired) electrons. The molecule has 2 saturated heterocycles. The summed E-state index contributed by atoms with van der Waals surface area (Å²) in [5.41, 5.74) is 1.24. The summed E-state index contributed by atoms with van der Waals surface area (Å²) in [5, 5.41) is 9.88. The average molecular weight is 330 g/mol. The molecule has 0 aliphatic carbocycles. The summed E-state index contributed by atoms with van der Waals surface area (Å²) in [6.45, 7) is 7.77. The highest BCUT2D eigenvalue weighted by molar-refractivity contribution is 5.94. The minimum Gasteiger partial charge on any atom is -0.390 e. The van der Waals surface area contributed by atoms with Crippen LogP contribution < -0.4 is 0 Å². The van der Waals surface area contributed by atoms with Crippen LogP contribution in [0.2, 0.25) is 0 Å². The minimum absolute atomic E-state index is 0.154. The lowest BCUT2D eigenvalue weighted by molar-refractivity contribution is 0.0714. The molecule has 0 saturated carbocycles. The van der Waals surface area contributed by atoms with Crippen molar-refractivity contribution in [3.05, 3.63) is 35.4 Å². The minimum atomic E-state index is -0.669. The molecule has 0 bridgehead atoms. The number of hydrogen-bond donors (Lipinski definition) is 1. The van der Waals surface area contributed by atoms with E-state index in [0.717, 1.165) is 37.1 Å². The van der Waals surface area contributed by atoms with Gasteiger partial charge in [0.05, 0.1) is 5.60 Å². The summed E-state index contributed by atoms with van der Waals surface area (Å²) in [5.74, 6) is 0.154. The molecule has 4 heteroatoms. The molecule has 2 aliphatic rings. The van der Waals surface area contributed by atoms with Crippen molar-refractivity contribution >= 4 is 5.91 Å². The van der Waals surface area contributed by atoms with E-state index in [4.69, 9.17) is 0 Å². The fraction of sp³-hybridized carbons (Fsp3) is 0.650. The molecule has 2 heterocycles. The summed E-state index contributed by atoms with van der Waals surface area (Å²) >= 11 is 0. The molecule has 4 nitrogen and oxygen atoms in total. The fourth-order valence-corrected chi connectivity index (χ4v) is 3.82. The molecule has 0 spiro atoms. The predicted molar refractivity (Wildman–Crippen MR) is 96.2 cm³/mol. The van der Waals surface area contributed by atoms with E-state index in [-0.39, 0.29) is 5.91 Å². The van der Waals surface area contributed by atoms with E-state index in [1.807, 2.05) is 43.0 Å². The van der Waals surface area contributed by atoms with Crippen LogP contribution in [0.4, 0.5) is 0 Å². The van der Waals surface area contributed by atoms with Crippen LogP contribution in [0.25, 0.3) is 0 Å². The zero-order valence-corrected chi connectivity index (χ0v) is 15.0. The number of nitrogens with zero attached hydrogens (tertiary/aromatic N) is 2. The van der Waals surface area contributed by atoms with E-state index in [0.29, 0.717) is 12.5 Å². The molecule has 1 atom stereocenters. The summed E-state index contributed by atoms with van der Waals surface area (Å²) in [6, 6.07) is 8.46. The Hall–Kier alpha value is -1.39. The van der Waals surface area contributed by atoms with E-state index in [1.54, 1.807) is 0 Å². The number of amides is 1. The molecular weight excluding hydrogens is 300 g/mol. The third kappa shape index (κ3) is 4.37. The first-order valence-electron chi connectivity index (χ1n) is 9.27. The van der Waals surface area contributed by atoms with E-state index in [1.165, 1.54) is 25.9 Å². The Balaban J connectivity index is 1.60. The standard InChI is InChI=1S/C20H30N2O2/c1-20(2,24)10-8-16-6-5-7-17(14-16)19(23)22-13-9-18(15-22)21-11-3-4-12-21/h5-7,14,18,24H,3-4,8-13,15H2,1-2H3. The Kier molecular flexibility index (Phi) is 5.26. The lowest BCUT2D eigenvalue weighted by Gasteiger charge is -2.23. The monoisotopic (exact) mass is 330 g/mol. The number of aryl methyl sites for hydroxylation is 1. The van der Waals surface area contributed by atoms with Crippen molar-refractivity contribution in [3.8, 4) is 0 Å². The van der Waals surface area contributed by atoms with E-state index < -0.39 is 5.60 Å². The van der Waals surface area contributed by atoms with Gasteiger partial charge in [-0.25, -0.2) is 0 Å². The number of aliphatic hydroxyl groups is 1. The van der Waals surface area contributed by atoms with E-state index >= 15 is 0 Å². The number of benzene rings is 1. The molecule has 2 fully saturated rings. The lowest BCUT2D eigenvalue weighted by atomic mass is 9.98. The molecule has 1 unspecified atom stereocenters. The van der Waals surface area contributed by atoms with Gasteiger partial charge in [0.15, 0.2) is 0 Å². The molecule has 0 aromatic heterocycles. The summed E-state index contributed by atoms with van der Waals surface area (Å²) < 4.78 is 0. The lowest BCUT2D eigenvalue weighted by Crippen LogP contribution is -2.37. The second-order valence-electron chi connectivity index (χ2n) is 7.95. The van der Waals surface area contributed by atoms with Crippen molar-refractivity contribution < 1.29 is 9.90 Å². The van der Waals surface area contributed by atoms with Crippen LogP contribution >= 0.6 is 0 Å². The second kappa shape index (κ2) is 7.24. The van der Waals surface area contributed by atoms with Gasteiger partial charge in [-0.2, -0.15) is 0 Å². The smallest absolute Gasteiger partial charge is 0.253 e. The molecule has 1 aromatic carbocycles. The number of likely N-dealkylation sites (tertiary alicyclic amines) is 2. The van der Waals surface area contributed by atoms with Crippen LogP contribution in [-0.2, 0) is 6.42 Å². The SMILES string of the molecule is CC(C)(O)CCc1cccc(C(=O)N2CCC(N3CCCC3)C2)c1. The highest BCUT2D eigenvalue weighted by Crippen LogP contribution is 2.22. The van der Waals surface area contributed by atoms with E-state index in [2.05, 4.69) is 4.90 Å². The molecule has 1 N–H and O–H groups in total. The molecule has 132 valence electrons. The molecule has 1 amide bonds.